The second kappa shape index (κ2) is 5.90. The second-order valence-electron chi connectivity index (χ2n) is 4.84. The van der Waals surface area contributed by atoms with Gasteiger partial charge in [0.2, 0.25) is 5.91 Å². The molecule has 0 spiro atoms. The minimum Gasteiger partial charge on any atom is -0.360 e. The maximum absolute atomic E-state index is 14.0. The maximum atomic E-state index is 14.0. The quantitative estimate of drug-likeness (QED) is 0.859. The van der Waals surface area contributed by atoms with Gasteiger partial charge in [-0.15, -0.1) is 0 Å². The minimum absolute atomic E-state index is 0.0270. The lowest BCUT2D eigenvalue weighted by molar-refractivity contribution is -0.118. The van der Waals surface area contributed by atoms with Gasteiger partial charge in [-0.05, 0) is 37.0 Å². The van der Waals surface area contributed by atoms with Crippen LogP contribution in [0.2, 0.25) is 0 Å². The highest BCUT2D eigenvalue weighted by Crippen LogP contribution is 2.32. The van der Waals surface area contributed by atoms with E-state index in [2.05, 4.69) is 10.6 Å². The van der Waals surface area contributed by atoms with Gasteiger partial charge in [0.05, 0.1) is 12.2 Å². The van der Waals surface area contributed by atoms with Crippen LogP contribution in [-0.4, -0.2) is 32.1 Å². The fourth-order valence-electron chi connectivity index (χ4n) is 2.48. The lowest BCUT2D eigenvalue weighted by Crippen LogP contribution is -2.45. The molecule has 2 N–H and O–H groups in total. The number of urea groups is 1. The number of carbonyl (C=O) groups is 2. The first-order valence-electron chi connectivity index (χ1n) is 6.57. The molecule has 0 fully saturated rings. The molecule has 1 heterocycles. The number of amides is 3. The third-order valence-corrected chi connectivity index (χ3v) is 3.45. The largest absolute Gasteiger partial charge is 0.360 e. The van der Waals surface area contributed by atoms with Crippen molar-refractivity contribution in [3.63, 3.8) is 0 Å². The number of imide groups is 1. The van der Waals surface area contributed by atoms with E-state index in [9.17, 15) is 14.0 Å². The van der Waals surface area contributed by atoms with Crippen LogP contribution in [0.5, 0.6) is 0 Å². The van der Waals surface area contributed by atoms with Crippen molar-refractivity contribution >= 4 is 17.6 Å². The molecular weight excluding hydrogens is 261 g/mol. The van der Waals surface area contributed by atoms with E-state index < -0.39 is 11.9 Å². The van der Waals surface area contributed by atoms with Crippen LogP contribution in [0.4, 0.5) is 14.9 Å². The van der Waals surface area contributed by atoms with E-state index in [0.29, 0.717) is 12.2 Å². The molecule has 1 aliphatic rings. The Hall–Kier alpha value is -2.11. The highest BCUT2D eigenvalue weighted by molar-refractivity contribution is 5.96. The molecule has 0 saturated carbocycles. The van der Waals surface area contributed by atoms with Gasteiger partial charge in [0, 0.05) is 13.6 Å². The van der Waals surface area contributed by atoms with Crippen molar-refractivity contribution in [2.24, 2.45) is 0 Å². The van der Waals surface area contributed by atoms with Crippen molar-refractivity contribution in [1.82, 2.24) is 10.6 Å². The summed E-state index contributed by atoms with van der Waals surface area (Å²) in [5.41, 5.74) is 2.46. The normalized spacial score (nSPS) is 13.7. The summed E-state index contributed by atoms with van der Waals surface area (Å²) < 4.78 is 14.0. The monoisotopic (exact) mass is 279 g/mol. The predicted octanol–water partition coefficient (Wildman–Crippen LogP) is 1.34. The fraction of sp³-hybridized carbons (Fsp3) is 0.429. The standard InChI is InChI=1S/C14H18FN3O2/c1-9-5-6-11(15)13-10(9)4-3-7-18(13)8-12(19)17-14(20)16-2/h5-6H,3-4,7-8H2,1-2H3,(H2,16,17,19,20). The first-order chi connectivity index (χ1) is 9.52. The van der Waals surface area contributed by atoms with Crippen LogP contribution in [0.25, 0.3) is 0 Å². The zero-order valence-electron chi connectivity index (χ0n) is 11.6. The molecule has 0 atom stereocenters. The molecule has 0 aliphatic carbocycles. The van der Waals surface area contributed by atoms with Gasteiger partial charge in [-0.1, -0.05) is 6.07 Å². The summed E-state index contributed by atoms with van der Waals surface area (Å²) in [5.74, 6) is -0.767. The fourth-order valence-corrected chi connectivity index (χ4v) is 2.48. The lowest BCUT2D eigenvalue weighted by atomic mass is 9.96. The Balaban J connectivity index is 2.18. The molecule has 108 valence electrons. The highest BCUT2D eigenvalue weighted by Gasteiger charge is 2.24. The first kappa shape index (κ1) is 14.3. The summed E-state index contributed by atoms with van der Waals surface area (Å²) in [6.45, 7) is 2.52. The SMILES string of the molecule is CNC(=O)NC(=O)CN1CCCc2c(C)ccc(F)c21. The minimum atomic E-state index is -0.558. The van der Waals surface area contributed by atoms with E-state index in [0.717, 1.165) is 24.0 Å². The number of hydrogen-bond acceptors (Lipinski definition) is 3. The number of hydrogen-bond donors (Lipinski definition) is 2. The lowest BCUT2D eigenvalue weighted by Gasteiger charge is -2.31. The van der Waals surface area contributed by atoms with E-state index in [1.807, 2.05) is 6.92 Å². The molecule has 20 heavy (non-hydrogen) atoms. The Labute approximate surface area is 117 Å². The van der Waals surface area contributed by atoms with E-state index in [1.54, 1.807) is 11.0 Å². The molecule has 0 radical (unpaired) electrons. The van der Waals surface area contributed by atoms with Crippen molar-refractivity contribution in [1.29, 1.82) is 0 Å². The number of aryl methyl sites for hydroxylation is 1. The second-order valence-corrected chi connectivity index (χ2v) is 4.84. The van der Waals surface area contributed by atoms with Gasteiger partial charge in [-0.3, -0.25) is 10.1 Å². The molecule has 0 bridgehead atoms. The van der Waals surface area contributed by atoms with Crippen LogP contribution >= 0.6 is 0 Å². The number of benzene rings is 1. The van der Waals surface area contributed by atoms with Crippen molar-refractivity contribution in [2.75, 3.05) is 25.0 Å². The average molecular weight is 279 g/mol. The summed E-state index contributed by atoms with van der Waals surface area (Å²) in [4.78, 5) is 24.5. The number of nitrogens with one attached hydrogen (secondary N) is 2. The topological polar surface area (TPSA) is 61.4 Å². The molecule has 5 nitrogen and oxygen atoms in total. The Morgan fingerprint density at radius 1 is 1.40 bits per heavy atom. The van der Waals surface area contributed by atoms with Crippen LogP contribution in [0, 0.1) is 12.7 Å². The van der Waals surface area contributed by atoms with Crippen molar-refractivity contribution in [3.05, 3.63) is 29.1 Å². The van der Waals surface area contributed by atoms with Gasteiger partial charge in [0.15, 0.2) is 0 Å². The average Bonchev–Trinajstić information content (AvgIpc) is 2.42. The Morgan fingerprint density at radius 2 is 2.15 bits per heavy atom. The molecule has 0 saturated heterocycles. The van der Waals surface area contributed by atoms with E-state index in [4.69, 9.17) is 0 Å². The van der Waals surface area contributed by atoms with Gasteiger partial charge in [-0.25, -0.2) is 9.18 Å². The third-order valence-electron chi connectivity index (χ3n) is 3.45. The smallest absolute Gasteiger partial charge is 0.321 e. The first-order valence-corrected chi connectivity index (χ1v) is 6.57. The summed E-state index contributed by atoms with van der Waals surface area (Å²) in [7, 11) is 1.43. The van der Waals surface area contributed by atoms with Crippen LogP contribution in [0.15, 0.2) is 12.1 Å². The van der Waals surface area contributed by atoms with Crippen molar-refractivity contribution < 1.29 is 14.0 Å². The highest BCUT2D eigenvalue weighted by atomic mass is 19.1. The number of fused-ring (bicyclic) bond motifs is 1. The number of nitrogens with zero attached hydrogens (tertiary/aromatic N) is 1. The van der Waals surface area contributed by atoms with Crippen molar-refractivity contribution in [3.8, 4) is 0 Å². The molecule has 1 aliphatic heterocycles. The molecule has 3 amide bonds. The Bertz CT molecular complexity index is 545. The predicted molar refractivity (Wildman–Crippen MR) is 74.3 cm³/mol. The van der Waals surface area contributed by atoms with Crippen LogP contribution in [0.3, 0.4) is 0 Å². The van der Waals surface area contributed by atoms with Gasteiger partial charge in [0.25, 0.3) is 0 Å². The van der Waals surface area contributed by atoms with Gasteiger partial charge in [0.1, 0.15) is 5.82 Å². The van der Waals surface area contributed by atoms with Crippen LogP contribution < -0.4 is 15.5 Å². The maximum Gasteiger partial charge on any atom is 0.321 e. The molecule has 1 aromatic rings. The molecular formula is C14H18FN3O2. The van der Waals surface area contributed by atoms with Crippen molar-refractivity contribution in [2.45, 2.75) is 19.8 Å². The molecule has 0 unspecified atom stereocenters. The number of anilines is 1. The Kier molecular flexibility index (Phi) is 4.22. The van der Waals surface area contributed by atoms with Crippen LogP contribution in [0.1, 0.15) is 17.5 Å². The van der Waals surface area contributed by atoms with E-state index in [1.165, 1.54) is 13.1 Å². The summed E-state index contributed by atoms with van der Waals surface area (Å²) in [5, 5.41) is 4.50. The number of halogens is 1. The summed E-state index contributed by atoms with van der Waals surface area (Å²) >= 11 is 0. The van der Waals surface area contributed by atoms with E-state index >= 15 is 0 Å². The zero-order valence-corrected chi connectivity index (χ0v) is 11.6. The summed E-state index contributed by atoms with van der Waals surface area (Å²) in [6.07, 6.45) is 1.68. The third kappa shape index (κ3) is 2.89. The number of carbonyl (C=O) groups excluding carboxylic acids is 2. The number of rotatable bonds is 2. The van der Waals surface area contributed by atoms with Crippen LogP contribution in [-0.2, 0) is 11.2 Å². The Morgan fingerprint density at radius 3 is 2.85 bits per heavy atom. The van der Waals surface area contributed by atoms with Gasteiger partial charge in [-0.2, -0.15) is 0 Å². The molecule has 2 rings (SSSR count). The molecule has 6 heteroatoms. The summed E-state index contributed by atoms with van der Waals surface area (Å²) in [6, 6.07) is 2.61. The van der Waals surface area contributed by atoms with E-state index in [-0.39, 0.29) is 12.4 Å². The van der Waals surface area contributed by atoms with Gasteiger partial charge < -0.3 is 10.2 Å². The molecule has 0 aromatic heterocycles. The molecule has 1 aromatic carbocycles. The zero-order chi connectivity index (χ0) is 14.7. The van der Waals surface area contributed by atoms with Gasteiger partial charge >= 0.3 is 6.03 Å².